The van der Waals surface area contributed by atoms with Crippen molar-refractivity contribution in [1.82, 2.24) is 20.2 Å². The highest BCUT2D eigenvalue weighted by molar-refractivity contribution is 7.10. The third-order valence-electron chi connectivity index (χ3n) is 4.50. The first kappa shape index (κ1) is 17.7. The normalized spacial score (nSPS) is 16.2. The Morgan fingerprint density at radius 3 is 2.52 bits per heavy atom. The fourth-order valence-corrected chi connectivity index (χ4v) is 3.81. The summed E-state index contributed by atoms with van der Waals surface area (Å²) in [6, 6.07) is 6.16. The van der Waals surface area contributed by atoms with Crippen molar-refractivity contribution in [2.75, 3.05) is 44.7 Å². The molecule has 0 aliphatic carbocycles. The summed E-state index contributed by atoms with van der Waals surface area (Å²) < 4.78 is 0. The lowest BCUT2D eigenvalue weighted by atomic mass is 9.91. The molecular formula is C18H26N6S. The second-order valence-electron chi connectivity index (χ2n) is 6.78. The van der Waals surface area contributed by atoms with Gasteiger partial charge in [-0.15, -0.1) is 11.3 Å². The molecule has 0 bridgehead atoms. The highest BCUT2D eigenvalue weighted by atomic mass is 32.1. The van der Waals surface area contributed by atoms with Crippen molar-refractivity contribution in [3.05, 3.63) is 40.8 Å². The molecule has 1 saturated heterocycles. The summed E-state index contributed by atoms with van der Waals surface area (Å²) in [6.07, 6.45) is 3.59. The van der Waals surface area contributed by atoms with E-state index >= 15 is 0 Å². The van der Waals surface area contributed by atoms with Crippen molar-refractivity contribution < 1.29 is 0 Å². The van der Waals surface area contributed by atoms with Crippen molar-refractivity contribution in [2.24, 2.45) is 4.99 Å². The van der Waals surface area contributed by atoms with Crippen LogP contribution >= 0.6 is 11.3 Å². The quantitative estimate of drug-likeness (QED) is 0.671. The van der Waals surface area contributed by atoms with Crippen LogP contribution in [0.25, 0.3) is 0 Å². The van der Waals surface area contributed by atoms with Crippen molar-refractivity contribution in [3.63, 3.8) is 0 Å². The van der Waals surface area contributed by atoms with Gasteiger partial charge in [0.25, 0.3) is 0 Å². The van der Waals surface area contributed by atoms with Crippen molar-refractivity contribution in [1.29, 1.82) is 0 Å². The molecule has 3 rings (SSSR count). The standard InChI is InChI=1S/C18H26N6S/c1-18(2,15-6-4-13-25-15)14-22-16(19-3)23-9-11-24(12-10-23)17-20-7-5-8-21-17/h4-8,13H,9-12,14H2,1-3H3,(H,19,22). The van der Waals surface area contributed by atoms with E-state index in [1.165, 1.54) is 4.88 Å². The van der Waals surface area contributed by atoms with Crippen LogP contribution in [-0.4, -0.2) is 60.6 Å². The van der Waals surface area contributed by atoms with E-state index in [2.05, 4.69) is 61.4 Å². The number of rotatable bonds is 4. The van der Waals surface area contributed by atoms with Crippen LogP contribution in [0, 0.1) is 0 Å². The maximum atomic E-state index is 4.48. The third kappa shape index (κ3) is 4.28. The van der Waals surface area contributed by atoms with E-state index in [4.69, 9.17) is 0 Å². The van der Waals surface area contributed by atoms with E-state index < -0.39 is 0 Å². The minimum atomic E-state index is 0.0871. The Balaban J connectivity index is 1.54. The monoisotopic (exact) mass is 358 g/mol. The van der Waals surface area contributed by atoms with E-state index in [9.17, 15) is 0 Å². The van der Waals surface area contributed by atoms with Crippen molar-refractivity contribution in [3.8, 4) is 0 Å². The summed E-state index contributed by atoms with van der Waals surface area (Å²) in [7, 11) is 1.85. The highest BCUT2D eigenvalue weighted by Gasteiger charge is 2.25. The number of hydrogen-bond acceptors (Lipinski definition) is 5. The minimum absolute atomic E-state index is 0.0871. The number of thiophene rings is 1. The number of aromatic nitrogens is 2. The lowest BCUT2D eigenvalue weighted by Gasteiger charge is -2.37. The fraction of sp³-hybridized carbons (Fsp3) is 0.500. The van der Waals surface area contributed by atoms with Crippen LogP contribution in [0.15, 0.2) is 41.0 Å². The molecule has 0 saturated carbocycles. The van der Waals surface area contributed by atoms with Gasteiger partial charge < -0.3 is 15.1 Å². The average molecular weight is 359 g/mol. The molecule has 0 spiro atoms. The van der Waals surface area contributed by atoms with E-state index in [0.717, 1.165) is 44.6 Å². The highest BCUT2D eigenvalue weighted by Crippen LogP contribution is 2.26. The molecule has 134 valence electrons. The molecule has 2 aromatic heterocycles. The topological polar surface area (TPSA) is 56.7 Å². The Bertz CT molecular complexity index is 675. The van der Waals surface area contributed by atoms with Crippen LogP contribution in [0.5, 0.6) is 0 Å². The van der Waals surface area contributed by atoms with Gasteiger partial charge in [0.15, 0.2) is 5.96 Å². The van der Waals surface area contributed by atoms with Gasteiger partial charge in [0.1, 0.15) is 0 Å². The van der Waals surface area contributed by atoms with Gasteiger partial charge in [0.2, 0.25) is 5.95 Å². The Morgan fingerprint density at radius 2 is 1.92 bits per heavy atom. The molecule has 1 fully saturated rings. The van der Waals surface area contributed by atoms with E-state index in [0.29, 0.717) is 0 Å². The second kappa shape index (κ2) is 7.82. The van der Waals surface area contributed by atoms with Crippen molar-refractivity contribution in [2.45, 2.75) is 19.3 Å². The second-order valence-corrected chi connectivity index (χ2v) is 7.73. The summed E-state index contributed by atoms with van der Waals surface area (Å²) in [5.74, 6) is 1.78. The molecule has 25 heavy (non-hydrogen) atoms. The number of guanidine groups is 1. The molecule has 0 amide bonds. The maximum absolute atomic E-state index is 4.48. The molecule has 1 aliphatic rings. The molecular weight excluding hydrogens is 332 g/mol. The summed E-state index contributed by atoms with van der Waals surface area (Å²) >= 11 is 1.81. The first-order valence-corrected chi connectivity index (χ1v) is 9.50. The minimum Gasteiger partial charge on any atom is -0.355 e. The molecule has 6 nitrogen and oxygen atoms in total. The largest absolute Gasteiger partial charge is 0.355 e. The lowest BCUT2D eigenvalue weighted by molar-refractivity contribution is 0.364. The summed E-state index contributed by atoms with van der Waals surface area (Å²) in [5.41, 5.74) is 0.0871. The first-order valence-electron chi connectivity index (χ1n) is 8.62. The Morgan fingerprint density at radius 1 is 1.20 bits per heavy atom. The molecule has 1 aliphatic heterocycles. The number of piperazine rings is 1. The number of anilines is 1. The molecule has 2 aromatic rings. The predicted octanol–water partition coefficient (Wildman–Crippen LogP) is 2.21. The van der Waals surface area contributed by atoms with Gasteiger partial charge in [0.05, 0.1) is 0 Å². The SMILES string of the molecule is CN=C(NCC(C)(C)c1cccs1)N1CCN(c2ncccn2)CC1. The van der Waals surface area contributed by atoms with E-state index in [1.54, 1.807) is 12.4 Å². The van der Waals surface area contributed by atoms with Gasteiger partial charge >= 0.3 is 0 Å². The zero-order chi connectivity index (χ0) is 17.7. The van der Waals surface area contributed by atoms with E-state index in [-0.39, 0.29) is 5.41 Å². The van der Waals surface area contributed by atoms with Crippen LogP contribution < -0.4 is 10.2 Å². The zero-order valence-corrected chi connectivity index (χ0v) is 16.0. The third-order valence-corrected chi connectivity index (χ3v) is 5.74. The Labute approximate surface area is 153 Å². The summed E-state index contributed by atoms with van der Waals surface area (Å²) in [5, 5.41) is 5.69. The Hall–Kier alpha value is -2.15. The number of nitrogens with zero attached hydrogens (tertiary/aromatic N) is 5. The average Bonchev–Trinajstić information content (AvgIpc) is 3.19. The van der Waals surface area contributed by atoms with Gasteiger partial charge in [-0.05, 0) is 17.5 Å². The molecule has 3 heterocycles. The number of nitrogens with one attached hydrogen (secondary N) is 1. The van der Waals surface area contributed by atoms with E-state index in [1.807, 2.05) is 24.5 Å². The molecule has 7 heteroatoms. The van der Waals surface area contributed by atoms with Gasteiger partial charge in [0, 0.05) is 62.5 Å². The fourth-order valence-electron chi connectivity index (χ4n) is 2.96. The van der Waals surface area contributed by atoms with Gasteiger partial charge in [-0.1, -0.05) is 19.9 Å². The van der Waals surface area contributed by atoms with Crippen LogP contribution in [0.2, 0.25) is 0 Å². The summed E-state index contributed by atoms with van der Waals surface area (Å²) in [6.45, 7) is 9.03. The number of hydrogen-bond donors (Lipinski definition) is 1. The number of aliphatic imine (C=N–C) groups is 1. The first-order chi connectivity index (χ1) is 12.1. The maximum Gasteiger partial charge on any atom is 0.225 e. The molecule has 0 unspecified atom stereocenters. The molecule has 0 aromatic carbocycles. The Kier molecular flexibility index (Phi) is 5.53. The molecule has 0 radical (unpaired) electrons. The zero-order valence-electron chi connectivity index (χ0n) is 15.1. The lowest BCUT2D eigenvalue weighted by Crippen LogP contribution is -2.54. The van der Waals surface area contributed by atoms with Gasteiger partial charge in [-0.2, -0.15) is 0 Å². The van der Waals surface area contributed by atoms with Crippen LogP contribution in [0.4, 0.5) is 5.95 Å². The van der Waals surface area contributed by atoms with Crippen molar-refractivity contribution >= 4 is 23.2 Å². The molecule has 1 N–H and O–H groups in total. The smallest absolute Gasteiger partial charge is 0.225 e. The summed E-state index contributed by atoms with van der Waals surface area (Å²) in [4.78, 5) is 19.1. The van der Waals surface area contributed by atoms with Crippen LogP contribution in [0.1, 0.15) is 18.7 Å². The molecule has 0 atom stereocenters. The van der Waals surface area contributed by atoms with Crippen LogP contribution in [0.3, 0.4) is 0 Å². The van der Waals surface area contributed by atoms with Gasteiger partial charge in [-0.25, -0.2) is 9.97 Å². The van der Waals surface area contributed by atoms with Gasteiger partial charge in [-0.3, -0.25) is 4.99 Å². The predicted molar refractivity (Wildman–Crippen MR) is 105 cm³/mol. The van der Waals surface area contributed by atoms with Crippen LogP contribution in [-0.2, 0) is 5.41 Å².